The minimum Gasteiger partial charge on any atom is -0.306 e. The first-order valence-corrected chi connectivity index (χ1v) is 7.03. The lowest BCUT2D eigenvalue weighted by Gasteiger charge is -2.17. The molecule has 0 radical (unpaired) electrons. The second-order valence-electron chi connectivity index (χ2n) is 5.53. The van der Waals surface area contributed by atoms with E-state index in [4.69, 9.17) is 0 Å². The van der Waals surface area contributed by atoms with Crippen molar-refractivity contribution in [2.24, 2.45) is 0 Å². The van der Waals surface area contributed by atoms with Crippen LogP contribution in [0.25, 0.3) is 0 Å². The maximum atomic E-state index is 13.2. The van der Waals surface area contributed by atoms with Gasteiger partial charge in [0.05, 0.1) is 0 Å². The maximum Gasteiger partial charge on any atom is 0.123 e. The summed E-state index contributed by atoms with van der Waals surface area (Å²) in [5.41, 5.74) is 6.22. The van der Waals surface area contributed by atoms with Gasteiger partial charge in [0.2, 0.25) is 0 Å². The molecule has 0 aliphatic heterocycles. The van der Waals surface area contributed by atoms with Gasteiger partial charge in [0, 0.05) is 12.6 Å². The molecule has 0 heterocycles. The Morgan fingerprint density at radius 1 is 1.05 bits per heavy atom. The van der Waals surface area contributed by atoms with Crippen molar-refractivity contribution in [2.75, 3.05) is 0 Å². The van der Waals surface area contributed by atoms with E-state index in [2.05, 4.69) is 45.1 Å². The molecule has 2 aromatic rings. The van der Waals surface area contributed by atoms with Crippen LogP contribution < -0.4 is 5.32 Å². The highest BCUT2D eigenvalue weighted by Gasteiger charge is 2.08. The Hall–Kier alpha value is -1.67. The van der Waals surface area contributed by atoms with Gasteiger partial charge in [-0.1, -0.05) is 29.8 Å². The Balaban J connectivity index is 2.09. The molecule has 2 aromatic carbocycles. The lowest BCUT2D eigenvalue weighted by Crippen LogP contribution is -2.19. The minimum absolute atomic E-state index is 0.130. The Morgan fingerprint density at radius 3 is 2.30 bits per heavy atom. The van der Waals surface area contributed by atoms with E-state index in [0.29, 0.717) is 0 Å². The van der Waals surface area contributed by atoms with Gasteiger partial charge in [0.15, 0.2) is 0 Å². The van der Waals surface area contributed by atoms with Crippen molar-refractivity contribution in [3.63, 3.8) is 0 Å². The molecule has 2 heteroatoms. The number of aryl methyl sites for hydroxylation is 3. The average molecular weight is 271 g/mol. The number of halogens is 1. The Morgan fingerprint density at radius 2 is 1.70 bits per heavy atom. The van der Waals surface area contributed by atoms with Gasteiger partial charge in [-0.2, -0.15) is 0 Å². The molecule has 0 aromatic heterocycles. The van der Waals surface area contributed by atoms with Gasteiger partial charge < -0.3 is 5.32 Å². The summed E-state index contributed by atoms with van der Waals surface area (Å²) < 4.78 is 13.2. The molecule has 1 atom stereocenters. The average Bonchev–Trinajstić information content (AvgIpc) is 2.37. The predicted molar refractivity (Wildman–Crippen MR) is 82.3 cm³/mol. The molecule has 106 valence electrons. The van der Waals surface area contributed by atoms with Crippen molar-refractivity contribution >= 4 is 0 Å². The van der Waals surface area contributed by atoms with E-state index >= 15 is 0 Å². The molecular formula is C18H22FN. The quantitative estimate of drug-likeness (QED) is 0.856. The van der Waals surface area contributed by atoms with Gasteiger partial charge in [0.25, 0.3) is 0 Å². The van der Waals surface area contributed by atoms with Crippen LogP contribution in [0.1, 0.15) is 40.8 Å². The third-order valence-electron chi connectivity index (χ3n) is 3.77. The van der Waals surface area contributed by atoms with Gasteiger partial charge in [-0.15, -0.1) is 0 Å². The third kappa shape index (κ3) is 3.45. The topological polar surface area (TPSA) is 12.0 Å². The van der Waals surface area contributed by atoms with E-state index in [1.807, 2.05) is 6.07 Å². The van der Waals surface area contributed by atoms with Crippen molar-refractivity contribution in [1.82, 2.24) is 5.32 Å². The van der Waals surface area contributed by atoms with Crippen LogP contribution >= 0.6 is 0 Å². The van der Waals surface area contributed by atoms with Crippen molar-refractivity contribution < 1.29 is 4.39 Å². The second-order valence-corrected chi connectivity index (χ2v) is 5.53. The zero-order valence-electron chi connectivity index (χ0n) is 12.6. The van der Waals surface area contributed by atoms with Crippen LogP contribution in [-0.2, 0) is 6.54 Å². The van der Waals surface area contributed by atoms with Crippen molar-refractivity contribution in [3.05, 3.63) is 70.0 Å². The predicted octanol–water partition coefficient (Wildman–Crippen LogP) is 4.60. The van der Waals surface area contributed by atoms with E-state index in [9.17, 15) is 4.39 Å². The first-order valence-electron chi connectivity index (χ1n) is 7.03. The molecule has 0 aliphatic carbocycles. The summed E-state index contributed by atoms with van der Waals surface area (Å²) in [7, 11) is 0. The fourth-order valence-electron chi connectivity index (χ4n) is 2.64. The molecule has 20 heavy (non-hydrogen) atoms. The molecule has 2 rings (SSSR count). The number of hydrogen-bond donors (Lipinski definition) is 1. The van der Waals surface area contributed by atoms with Crippen molar-refractivity contribution in [3.8, 4) is 0 Å². The highest BCUT2D eigenvalue weighted by molar-refractivity contribution is 5.37. The first kappa shape index (κ1) is 14.7. The number of rotatable bonds is 4. The van der Waals surface area contributed by atoms with E-state index in [-0.39, 0.29) is 11.9 Å². The van der Waals surface area contributed by atoms with E-state index in [1.54, 1.807) is 12.1 Å². The van der Waals surface area contributed by atoms with E-state index in [0.717, 1.165) is 12.1 Å². The fourth-order valence-corrected chi connectivity index (χ4v) is 2.64. The second kappa shape index (κ2) is 6.19. The summed E-state index contributed by atoms with van der Waals surface area (Å²) in [4.78, 5) is 0. The van der Waals surface area contributed by atoms with Crippen LogP contribution in [0.3, 0.4) is 0 Å². The number of benzene rings is 2. The molecular weight excluding hydrogens is 249 g/mol. The molecule has 0 bridgehead atoms. The van der Waals surface area contributed by atoms with Gasteiger partial charge >= 0.3 is 0 Å². The van der Waals surface area contributed by atoms with Crippen LogP contribution in [0.2, 0.25) is 0 Å². The highest BCUT2D eigenvalue weighted by Crippen LogP contribution is 2.19. The largest absolute Gasteiger partial charge is 0.306 e. The summed E-state index contributed by atoms with van der Waals surface area (Å²) in [6, 6.07) is 11.3. The minimum atomic E-state index is -0.182. The summed E-state index contributed by atoms with van der Waals surface area (Å²) in [6.45, 7) is 9.27. The number of hydrogen-bond acceptors (Lipinski definition) is 1. The lowest BCUT2D eigenvalue weighted by atomic mass is 9.99. The van der Waals surface area contributed by atoms with Crippen LogP contribution in [0.5, 0.6) is 0 Å². The maximum absolute atomic E-state index is 13.2. The molecule has 0 amide bonds. The smallest absolute Gasteiger partial charge is 0.123 e. The van der Waals surface area contributed by atoms with Crippen LogP contribution in [-0.4, -0.2) is 0 Å². The van der Waals surface area contributed by atoms with Crippen LogP contribution in [0.4, 0.5) is 4.39 Å². The van der Waals surface area contributed by atoms with Crippen LogP contribution in [0, 0.1) is 26.6 Å². The molecule has 0 fully saturated rings. The molecule has 0 spiro atoms. The summed E-state index contributed by atoms with van der Waals surface area (Å²) in [5, 5.41) is 3.48. The molecule has 1 unspecified atom stereocenters. The number of nitrogens with one attached hydrogen (secondary N) is 1. The third-order valence-corrected chi connectivity index (χ3v) is 3.77. The standard InChI is InChI=1S/C18H22FN/c1-12-8-13(2)18(14(3)9-12)11-20-15(4)16-6-5-7-17(19)10-16/h5-10,15,20H,11H2,1-4H3. The van der Waals surface area contributed by atoms with Gasteiger partial charge in [-0.05, 0) is 62.1 Å². The fraction of sp³-hybridized carbons (Fsp3) is 0.333. The lowest BCUT2D eigenvalue weighted by molar-refractivity contribution is 0.563. The normalized spacial score (nSPS) is 12.4. The molecule has 0 saturated heterocycles. The summed E-state index contributed by atoms with van der Waals surface area (Å²) in [5.74, 6) is -0.182. The van der Waals surface area contributed by atoms with E-state index < -0.39 is 0 Å². The van der Waals surface area contributed by atoms with Crippen molar-refractivity contribution in [2.45, 2.75) is 40.3 Å². The van der Waals surface area contributed by atoms with Gasteiger partial charge in [-0.3, -0.25) is 0 Å². The van der Waals surface area contributed by atoms with E-state index in [1.165, 1.54) is 28.3 Å². The van der Waals surface area contributed by atoms with Gasteiger partial charge in [0.1, 0.15) is 5.82 Å². The van der Waals surface area contributed by atoms with Crippen molar-refractivity contribution in [1.29, 1.82) is 0 Å². The first-order chi connectivity index (χ1) is 9.47. The monoisotopic (exact) mass is 271 g/mol. The Labute approximate surface area is 120 Å². The Kier molecular flexibility index (Phi) is 4.56. The van der Waals surface area contributed by atoms with Crippen LogP contribution in [0.15, 0.2) is 36.4 Å². The SMILES string of the molecule is Cc1cc(C)c(CNC(C)c2cccc(F)c2)c(C)c1. The summed E-state index contributed by atoms with van der Waals surface area (Å²) >= 11 is 0. The zero-order valence-corrected chi connectivity index (χ0v) is 12.6. The summed E-state index contributed by atoms with van der Waals surface area (Å²) in [6.07, 6.45) is 0. The molecule has 0 aliphatic rings. The molecule has 1 N–H and O–H groups in total. The Bertz CT molecular complexity index is 581. The highest BCUT2D eigenvalue weighted by atomic mass is 19.1. The van der Waals surface area contributed by atoms with Gasteiger partial charge in [-0.25, -0.2) is 4.39 Å². The molecule has 1 nitrogen and oxygen atoms in total. The zero-order chi connectivity index (χ0) is 14.7. The molecule has 0 saturated carbocycles.